The summed E-state index contributed by atoms with van der Waals surface area (Å²) in [6.45, 7) is 4.22. The van der Waals surface area contributed by atoms with Crippen LogP contribution in [0.2, 0.25) is 0 Å². The number of thioether (sulfide) groups is 1. The van der Waals surface area contributed by atoms with Gasteiger partial charge in [0.2, 0.25) is 11.8 Å². The van der Waals surface area contributed by atoms with E-state index in [1.807, 2.05) is 72.8 Å². The fourth-order valence-corrected chi connectivity index (χ4v) is 6.44. The van der Waals surface area contributed by atoms with E-state index in [9.17, 15) is 9.59 Å². The Morgan fingerprint density at radius 1 is 0.872 bits per heavy atom. The smallest absolute Gasteiger partial charge is 0.242 e. The van der Waals surface area contributed by atoms with Crippen molar-refractivity contribution in [2.75, 3.05) is 21.3 Å². The van der Waals surface area contributed by atoms with Crippen LogP contribution in [0.1, 0.15) is 43.1 Å². The largest absolute Gasteiger partial charge is 0.497 e. The Bertz CT molecular complexity index is 1170. The van der Waals surface area contributed by atoms with Gasteiger partial charge in [-0.15, -0.1) is 11.8 Å². The Hall–Kier alpha value is -3.29. The first-order valence-corrected chi connectivity index (χ1v) is 14.2. The number of carbonyl (C=O) groups excluding carboxylic acids is 2. The quantitative estimate of drug-likeness (QED) is 0.275. The van der Waals surface area contributed by atoms with Crippen molar-refractivity contribution in [3.05, 3.63) is 102 Å². The summed E-state index contributed by atoms with van der Waals surface area (Å²) in [6, 6.07) is 26.7. The van der Waals surface area contributed by atoms with E-state index in [1.165, 1.54) is 0 Å². The first kappa shape index (κ1) is 30.3. The predicted octanol–water partition coefficient (Wildman–Crippen LogP) is 5.57. The number of nitrogens with one attached hydrogen (secondary N) is 2. The fourth-order valence-electron chi connectivity index (χ4n) is 4.80. The lowest BCUT2D eigenvalue weighted by atomic mass is 9.86. The van der Waals surface area contributed by atoms with Crippen molar-refractivity contribution in [2.45, 2.75) is 49.3 Å². The third-order valence-corrected chi connectivity index (χ3v) is 8.22. The summed E-state index contributed by atoms with van der Waals surface area (Å²) < 4.78 is 10.4. The third-order valence-electron chi connectivity index (χ3n) is 6.66. The molecule has 2 unspecified atom stereocenters. The van der Waals surface area contributed by atoms with Crippen LogP contribution in [0.3, 0.4) is 0 Å². The highest BCUT2D eigenvalue weighted by Crippen LogP contribution is 2.46. The van der Waals surface area contributed by atoms with Gasteiger partial charge in [0.05, 0.1) is 7.11 Å². The predicted molar refractivity (Wildman–Crippen MR) is 159 cm³/mol. The zero-order valence-electron chi connectivity index (χ0n) is 23.5. The van der Waals surface area contributed by atoms with Crippen LogP contribution < -0.4 is 15.4 Å². The molecular formula is C32H40N2O4S. The lowest BCUT2D eigenvalue weighted by Crippen LogP contribution is -2.56. The molecule has 0 bridgehead atoms. The number of benzene rings is 3. The normalized spacial score (nSPS) is 14.2. The van der Waals surface area contributed by atoms with Crippen LogP contribution in [0.5, 0.6) is 5.75 Å². The molecule has 2 N–H and O–H groups in total. The zero-order chi connectivity index (χ0) is 28.3. The zero-order valence-corrected chi connectivity index (χ0v) is 24.3. The van der Waals surface area contributed by atoms with Crippen molar-refractivity contribution in [1.82, 2.24) is 10.6 Å². The van der Waals surface area contributed by atoms with E-state index in [1.54, 1.807) is 33.0 Å². The molecule has 208 valence electrons. The molecule has 0 saturated carbocycles. The topological polar surface area (TPSA) is 76.7 Å². The summed E-state index contributed by atoms with van der Waals surface area (Å²) in [5.74, 6) is 1.09. The average molecular weight is 549 g/mol. The molecule has 0 fully saturated rings. The molecule has 0 aliphatic carbocycles. The van der Waals surface area contributed by atoms with Gasteiger partial charge in [-0.1, -0.05) is 86.6 Å². The van der Waals surface area contributed by atoms with Crippen LogP contribution in [-0.2, 0) is 26.5 Å². The lowest BCUT2D eigenvalue weighted by molar-refractivity contribution is -0.133. The molecule has 3 atom stereocenters. The maximum Gasteiger partial charge on any atom is 0.242 e. The van der Waals surface area contributed by atoms with Crippen LogP contribution in [-0.4, -0.2) is 43.9 Å². The SMILES string of the molecule is CNC(=O)[C@H](Cc1ccc(OC)cc1)NC(=O)C(CC(C)C)(SCc1ccccc1)C(OC)c1ccccc1. The second-order valence-corrected chi connectivity index (χ2v) is 11.3. The van der Waals surface area contributed by atoms with Gasteiger partial charge in [-0.3, -0.25) is 9.59 Å². The van der Waals surface area contributed by atoms with Crippen molar-refractivity contribution in [3.63, 3.8) is 0 Å². The van der Waals surface area contributed by atoms with Gasteiger partial charge in [-0.2, -0.15) is 0 Å². The summed E-state index contributed by atoms with van der Waals surface area (Å²) >= 11 is 1.57. The van der Waals surface area contributed by atoms with Gasteiger partial charge in [-0.25, -0.2) is 0 Å². The third kappa shape index (κ3) is 8.10. The van der Waals surface area contributed by atoms with Crippen molar-refractivity contribution >= 4 is 23.6 Å². The summed E-state index contributed by atoms with van der Waals surface area (Å²) in [4.78, 5) is 27.5. The molecule has 0 spiro atoms. The number of hydrogen-bond donors (Lipinski definition) is 2. The van der Waals surface area contributed by atoms with Crippen LogP contribution in [0.25, 0.3) is 0 Å². The number of hydrogen-bond acceptors (Lipinski definition) is 5. The van der Waals surface area contributed by atoms with Gasteiger partial charge < -0.3 is 20.1 Å². The number of likely N-dealkylation sites (N-methyl/N-ethyl adjacent to an activating group) is 1. The Morgan fingerprint density at radius 2 is 1.49 bits per heavy atom. The molecule has 0 aliphatic rings. The highest BCUT2D eigenvalue weighted by molar-refractivity contribution is 8.00. The number of methoxy groups -OCH3 is 2. The van der Waals surface area contributed by atoms with Gasteiger partial charge in [0, 0.05) is 26.3 Å². The average Bonchev–Trinajstić information content (AvgIpc) is 2.96. The minimum Gasteiger partial charge on any atom is -0.497 e. The monoisotopic (exact) mass is 548 g/mol. The van der Waals surface area contributed by atoms with Gasteiger partial charge in [-0.05, 0) is 41.2 Å². The van der Waals surface area contributed by atoms with E-state index in [0.717, 1.165) is 22.4 Å². The van der Waals surface area contributed by atoms with Crippen LogP contribution in [0.4, 0.5) is 0 Å². The highest BCUT2D eigenvalue weighted by atomic mass is 32.2. The molecule has 0 radical (unpaired) electrons. The highest BCUT2D eigenvalue weighted by Gasteiger charge is 2.48. The van der Waals surface area contributed by atoms with Crippen molar-refractivity contribution in [2.24, 2.45) is 5.92 Å². The molecule has 7 heteroatoms. The summed E-state index contributed by atoms with van der Waals surface area (Å²) in [7, 11) is 4.85. The maximum absolute atomic E-state index is 14.5. The lowest BCUT2D eigenvalue weighted by Gasteiger charge is -2.40. The molecule has 0 saturated heterocycles. The molecule has 3 aromatic carbocycles. The Balaban J connectivity index is 2.02. The minimum absolute atomic E-state index is 0.195. The first-order chi connectivity index (χ1) is 18.8. The summed E-state index contributed by atoms with van der Waals surface area (Å²) in [5, 5.41) is 5.85. The van der Waals surface area contributed by atoms with Gasteiger partial charge in [0.25, 0.3) is 0 Å². The number of ether oxygens (including phenoxy) is 2. The molecular weight excluding hydrogens is 508 g/mol. The van der Waals surface area contributed by atoms with Crippen LogP contribution in [0.15, 0.2) is 84.9 Å². The Kier molecular flexibility index (Phi) is 11.4. The standard InChI is InChI=1S/C32H40N2O4S/c1-23(2)21-32(39-22-25-12-8-6-9-13-25,29(38-5)26-14-10-7-11-15-26)31(36)34-28(30(35)33-3)20-24-16-18-27(37-4)19-17-24/h6-19,23,28-29H,20-22H2,1-5H3,(H,33,35)(H,34,36)/t28-,29?,32?/m0/s1. The molecule has 0 aliphatic heterocycles. The molecule has 39 heavy (non-hydrogen) atoms. The van der Waals surface area contributed by atoms with E-state index in [-0.39, 0.29) is 17.7 Å². The van der Waals surface area contributed by atoms with E-state index in [4.69, 9.17) is 9.47 Å². The number of amides is 2. The molecule has 6 nitrogen and oxygen atoms in total. The second-order valence-electron chi connectivity index (χ2n) is 9.98. The summed E-state index contributed by atoms with van der Waals surface area (Å²) in [5.41, 5.74) is 2.96. The summed E-state index contributed by atoms with van der Waals surface area (Å²) in [6.07, 6.45) is 0.382. The van der Waals surface area contributed by atoms with E-state index >= 15 is 0 Å². The molecule has 0 heterocycles. The van der Waals surface area contributed by atoms with Crippen molar-refractivity contribution < 1.29 is 19.1 Å². The van der Waals surface area contributed by atoms with E-state index in [2.05, 4.69) is 36.6 Å². The first-order valence-electron chi connectivity index (χ1n) is 13.2. The van der Waals surface area contributed by atoms with E-state index in [0.29, 0.717) is 18.6 Å². The number of rotatable bonds is 14. The van der Waals surface area contributed by atoms with Gasteiger partial charge in [0.1, 0.15) is 22.6 Å². The van der Waals surface area contributed by atoms with E-state index < -0.39 is 16.9 Å². The Labute approximate surface area is 236 Å². The van der Waals surface area contributed by atoms with Gasteiger partial charge >= 0.3 is 0 Å². The minimum atomic E-state index is -0.994. The molecule has 3 rings (SSSR count). The Morgan fingerprint density at radius 3 is 2.03 bits per heavy atom. The van der Waals surface area contributed by atoms with Crippen molar-refractivity contribution in [1.29, 1.82) is 0 Å². The second kappa shape index (κ2) is 14.8. The number of carbonyl (C=O) groups is 2. The van der Waals surface area contributed by atoms with Crippen LogP contribution in [0, 0.1) is 5.92 Å². The van der Waals surface area contributed by atoms with Crippen LogP contribution >= 0.6 is 11.8 Å². The maximum atomic E-state index is 14.5. The van der Waals surface area contributed by atoms with Crippen molar-refractivity contribution in [3.8, 4) is 5.75 Å². The van der Waals surface area contributed by atoms with Gasteiger partial charge in [0.15, 0.2) is 0 Å². The fraction of sp³-hybridized carbons (Fsp3) is 0.375. The molecule has 2 amide bonds. The molecule has 0 aromatic heterocycles. The molecule has 3 aromatic rings.